The Hall–Kier alpha value is -1.36. The quantitative estimate of drug-likeness (QED) is 0.614. The molecule has 2 rings (SSSR count). The lowest BCUT2D eigenvalue weighted by atomic mass is 10.0. The number of hydrogen-bond acceptors (Lipinski definition) is 1. The van der Waals surface area contributed by atoms with Gasteiger partial charge in [0.25, 0.3) is 0 Å². The minimum Gasteiger partial charge on any atom is -0.321 e. The average molecular weight is 231 g/mol. The molecule has 1 aromatic carbocycles. The van der Waals surface area contributed by atoms with Crippen LogP contribution in [0.1, 0.15) is 23.6 Å². The molecule has 0 saturated heterocycles. The summed E-state index contributed by atoms with van der Waals surface area (Å²) in [5.74, 6) is -1.28. The maximum Gasteiger partial charge on any atom is 0.419 e. The van der Waals surface area contributed by atoms with E-state index in [2.05, 4.69) is 0 Å². The van der Waals surface area contributed by atoms with Crippen LogP contribution in [0.4, 0.5) is 17.6 Å². The van der Waals surface area contributed by atoms with Gasteiger partial charge < -0.3 is 5.73 Å². The van der Waals surface area contributed by atoms with Crippen molar-refractivity contribution in [1.82, 2.24) is 0 Å². The summed E-state index contributed by atoms with van der Waals surface area (Å²) in [5.41, 5.74) is 5.76. The Kier molecular flexibility index (Phi) is 2.50. The molecule has 0 spiro atoms. The zero-order valence-corrected chi connectivity index (χ0v) is 8.18. The minimum atomic E-state index is -4.66. The molecule has 0 aromatic heterocycles. The van der Waals surface area contributed by atoms with Gasteiger partial charge in [-0.2, -0.15) is 13.2 Å². The number of benzene rings is 1. The van der Waals surface area contributed by atoms with Gasteiger partial charge in [-0.1, -0.05) is 12.1 Å². The zero-order chi connectivity index (χ0) is 11.9. The molecule has 0 unspecified atom stereocenters. The van der Waals surface area contributed by atoms with Gasteiger partial charge in [0.05, 0.1) is 11.6 Å². The Morgan fingerprint density at radius 1 is 1.25 bits per heavy atom. The van der Waals surface area contributed by atoms with Crippen molar-refractivity contribution in [2.75, 3.05) is 0 Å². The van der Waals surface area contributed by atoms with Gasteiger partial charge in [-0.25, -0.2) is 4.39 Å². The highest BCUT2D eigenvalue weighted by Crippen LogP contribution is 2.35. The topological polar surface area (TPSA) is 26.0 Å². The third kappa shape index (κ3) is 2.09. The summed E-state index contributed by atoms with van der Waals surface area (Å²) in [4.78, 5) is 0. The highest BCUT2D eigenvalue weighted by atomic mass is 19.4. The fourth-order valence-corrected chi connectivity index (χ4v) is 1.48. The van der Waals surface area contributed by atoms with Crippen LogP contribution in [0.3, 0.4) is 0 Å². The molecule has 0 bridgehead atoms. The van der Waals surface area contributed by atoms with Crippen molar-refractivity contribution >= 4 is 0 Å². The molecule has 1 nitrogen and oxygen atoms in total. The van der Waals surface area contributed by atoms with Gasteiger partial charge in [0, 0.05) is 0 Å². The Morgan fingerprint density at radius 2 is 1.88 bits per heavy atom. The van der Waals surface area contributed by atoms with Crippen molar-refractivity contribution in [3.05, 3.63) is 46.8 Å². The molecule has 0 heterocycles. The first-order valence-corrected chi connectivity index (χ1v) is 4.71. The third-order valence-electron chi connectivity index (χ3n) is 2.50. The van der Waals surface area contributed by atoms with Crippen LogP contribution in [-0.4, -0.2) is 0 Å². The summed E-state index contributed by atoms with van der Waals surface area (Å²) in [7, 11) is 0. The second-order valence-corrected chi connectivity index (χ2v) is 3.70. The number of halogens is 4. The molecule has 1 aliphatic rings. The van der Waals surface area contributed by atoms with E-state index in [4.69, 9.17) is 5.73 Å². The first-order valence-electron chi connectivity index (χ1n) is 4.71. The third-order valence-corrected chi connectivity index (χ3v) is 2.50. The second kappa shape index (κ2) is 3.59. The van der Waals surface area contributed by atoms with E-state index < -0.39 is 23.6 Å². The van der Waals surface area contributed by atoms with Crippen molar-refractivity contribution in [2.45, 2.75) is 18.6 Å². The van der Waals surface area contributed by atoms with Crippen LogP contribution in [0, 0.1) is 5.82 Å². The molecule has 86 valence electrons. The molecule has 0 radical (unpaired) electrons. The summed E-state index contributed by atoms with van der Waals surface area (Å²) in [5, 5.41) is 0. The van der Waals surface area contributed by atoms with Crippen LogP contribution < -0.4 is 5.73 Å². The van der Waals surface area contributed by atoms with Gasteiger partial charge in [-0.15, -0.1) is 0 Å². The zero-order valence-electron chi connectivity index (χ0n) is 8.18. The van der Waals surface area contributed by atoms with E-state index in [1.165, 1.54) is 6.07 Å². The van der Waals surface area contributed by atoms with E-state index in [1.54, 1.807) is 0 Å². The molecule has 0 aliphatic heterocycles. The molecular weight excluding hydrogens is 222 g/mol. The lowest BCUT2D eigenvalue weighted by Gasteiger charge is -2.12. The van der Waals surface area contributed by atoms with E-state index in [1.807, 2.05) is 6.08 Å². The summed E-state index contributed by atoms with van der Waals surface area (Å²) in [6.45, 7) is 0. The molecule has 1 atom stereocenters. The Balaban J connectivity index is 2.32. The second-order valence-electron chi connectivity index (χ2n) is 3.70. The normalized spacial score (nSPS) is 16.9. The highest BCUT2D eigenvalue weighted by molar-refractivity contribution is 5.38. The number of alkyl halides is 3. The lowest BCUT2D eigenvalue weighted by molar-refractivity contribution is -0.140. The van der Waals surface area contributed by atoms with Crippen LogP contribution in [-0.2, 0) is 6.18 Å². The lowest BCUT2D eigenvalue weighted by Crippen LogP contribution is -2.12. The van der Waals surface area contributed by atoms with Gasteiger partial charge in [-0.3, -0.25) is 0 Å². The Labute approximate surface area is 89.6 Å². The molecule has 0 saturated carbocycles. The predicted molar refractivity (Wildman–Crippen MR) is 51.0 cm³/mol. The van der Waals surface area contributed by atoms with E-state index in [0.717, 1.165) is 24.1 Å². The van der Waals surface area contributed by atoms with Crippen LogP contribution >= 0.6 is 0 Å². The van der Waals surface area contributed by atoms with Crippen LogP contribution in [0.25, 0.3) is 0 Å². The van der Waals surface area contributed by atoms with Crippen LogP contribution in [0.2, 0.25) is 0 Å². The Morgan fingerprint density at radius 3 is 2.31 bits per heavy atom. The smallest absolute Gasteiger partial charge is 0.321 e. The summed E-state index contributed by atoms with van der Waals surface area (Å²) < 4.78 is 50.0. The van der Waals surface area contributed by atoms with Gasteiger partial charge in [0.1, 0.15) is 5.82 Å². The highest BCUT2D eigenvalue weighted by Gasteiger charge is 2.34. The molecular formula is C11H9F4N. The maximum absolute atomic E-state index is 13.2. The fraction of sp³-hybridized carbons (Fsp3) is 0.273. The number of allylic oxidation sites excluding steroid dienone is 1. The first kappa shape index (κ1) is 11.1. The first-order chi connectivity index (χ1) is 7.39. The largest absolute Gasteiger partial charge is 0.419 e. The summed E-state index contributed by atoms with van der Waals surface area (Å²) >= 11 is 0. The average Bonchev–Trinajstić information content (AvgIpc) is 2.97. The molecule has 16 heavy (non-hydrogen) atoms. The number of nitrogens with two attached hydrogens (primary N) is 1. The SMILES string of the molecule is N[C@H](C1=CC1)c1ccc(C(F)(F)F)c(F)c1. The summed E-state index contributed by atoms with van der Waals surface area (Å²) in [6.07, 6.45) is -2.05. The van der Waals surface area contributed by atoms with Crippen LogP contribution in [0.5, 0.6) is 0 Å². The number of hydrogen-bond donors (Lipinski definition) is 1. The van der Waals surface area contributed by atoms with Gasteiger partial charge in [-0.05, 0) is 29.7 Å². The monoisotopic (exact) mass is 231 g/mol. The molecule has 1 aromatic rings. The minimum absolute atomic E-state index is 0.370. The van der Waals surface area contributed by atoms with Crippen molar-refractivity contribution in [2.24, 2.45) is 5.73 Å². The van der Waals surface area contributed by atoms with Gasteiger partial charge >= 0.3 is 6.18 Å². The van der Waals surface area contributed by atoms with E-state index >= 15 is 0 Å². The number of rotatable bonds is 2. The molecule has 0 amide bonds. The standard InChI is InChI=1S/C11H9F4N/c12-9-5-7(10(16)6-1-2-6)3-4-8(9)11(13,14)15/h1,3-5,10H,2,16H2/t10-/m1/s1. The van der Waals surface area contributed by atoms with Gasteiger partial charge in [0.15, 0.2) is 0 Å². The van der Waals surface area contributed by atoms with Crippen LogP contribution in [0.15, 0.2) is 29.8 Å². The maximum atomic E-state index is 13.2. The predicted octanol–water partition coefficient (Wildman–Crippen LogP) is 3.17. The molecule has 2 N–H and O–H groups in total. The molecule has 5 heteroatoms. The van der Waals surface area contributed by atoms with E-state index in [0.29, 0.717) is 5.56 Å². The van der Waals surface area contributed by atoms with Crippen molar-refractivity contribution in [3.63, 3.8) is 0 Å². The molecule has 0 fully saturated rings. The Bertz CT molecular complexity index is 448. The van der Waals surface area contributed by atoms with Gasteiger partial charge in [0.2, 0.25) is 0 Å². The van der Waals surface area contributed by atoms with E-state index in [9.17, 15) is 17.6 Å². The van der Waals surface area contributed by atoms with Crippen molar-refractivity contribution in [3.8, 4) is 0 Å². The summed E-state index contributed by atoms with van der Waals surface area (Å²) in [6, 6.07) is 2.31. The fourth-order valence-electron chi connectivity index (χ4n) is 1.48. The van der Waals surface area contributed by atoms with Crippen molar-refractivity contribution < 1.29 is 17.6 Å². The van der Waals surface area contributed by atoms with Crippen molar-refractivity contribution in [1.29, 1.82) is 0 Å². The van der Waals surface area contributed by atoms with E-state index in [-0.39, 0.29) is 0 Å². The molecule has 1 aliphatic carbocycles.